The number of sulfonamides is 1. The van der Waals surface area contributed by atoms with Gasteiger partial charge in [0.25, 0.3) is 5.91 Å². The zero-order chi connectivity index (χ0) is 29.9. The number of hydrogen-bond acceptors (Lipinski definition) is 7. The smallest absolute Gasteiger partial charge is 0.259 e. The van der Waals surface area contributed by atoms with E-state index in [1.165, 1.54) is 40.2 Å². The molecule has 0 saturated carbocycles. The molecule has 0 unspecified atom stereocenters. The molecule has 0 radical (unpaired) electrons. The van der Waals surface area contributed by atoms with Gasteiger partial charge >= 0.3 is 0 Å². The van der Waals surface area contributed by atoms with Gasteiger partial charge < -0.3 is 15.0 Å². The molecule has 2 aromatic heterocycles. The number of rotatable bonds is 5. The number of nitrogens with zero attached hydrogens (tertiary/aromatic N) is 4. The standard InChI is InChI=1S/C30H33FN6O4S/c1-19-15-21(31)9-10-24(19)34-26-22(16-32-27-25(17-33-37(26)27)42(39,40)35-29(2,3)4)28(38)36-13-11-30(12-14-36)23-8-6-5-7-20(23)18-41-30/h5-10,15-17,34-35H,11-14,18H2,1-4H3. The van der Waals surface area contributed by atoms with Gasteiger partial charge in [0.2, 0.25) is 10.0 Å². The molecule has 2 aliphatic rings. The minimum absolute atomic E-state index is 0.0547. The Balaban J connectivity index is 1.37. The Labute approximate surface area is 244 Å². The SMILES string of the molecule is Cc1cc(F)ccc1Nc1c(C(=O)N2CCC3(CC2)OCc2ccccc23)cnc2c(S(=O)(=O)NC(C)(C)C)cnn12. The first-order valence-electron chi connectivity index (χ1n) is 13.8. The maximum atomic E-state index is 14.0. The van der Waals surface area contributed by atoms with Gasteiger partial charge in [-0.1, -0.05) is 24.3 Å². The number of carbonyl (C=O) groups excluding carboxylic acids is 1. The summed E-state index contributed by atoms with van der Waals surface area (Å²) in [6.07, 6.45) is 3.89. The van der Waals surface area contributed by atoms with Crippen molar-refractivity contribution < 1.29 is 22.3 Å². The number of amides is 1. The van der Waals surface area contributed by atoms with E-state index in [0.29, 0.717) is 43.8 Å². The summed E-state index contributed by atoms with van der Waals surface area (Å²) >= 11 is 0. The van der Waals surface area contributed by atoms with Crippen molar-refractivity contribution in [2.45, 2.75) is 63.2 Å². The van der Waals surface area contributed by atoms with E-state index in [2.05, 4.69) is 32.3 Å². The molecule has 12 heteroatoms. The van der Waals surface area contributed by atoms with E-state index in [-0.39, 0.29) is 27.8 Å². The van der Waals surface area contributed by atoms with Crippen LogP contribution in [0.4, 0.5) is 15.9 Å². The minimum Gasteiger partial charge on any atom is -0.365 e. The van der Waals surface area contributed by atoms with Gasteiger partial charge in [-0.2, -0.15) is 9.61 Å². The molecule has 220 valence electrons. The predicted molar refractivity (Wildman–Crippen MR) is 156 cm³/mol. The van der Waals surface area contributed by atoms with E-state index in [0.717, 1.165) is 0 Å². The van der Waals surface area contributed by atoms with Crippen molar-refractivity contribution in [1.82, 2.24) is 24.2 Å². The number of nitrogens with one attached hydrogen (secondary N) is 2. The minimum atomic E-state index is -3.98. The van der Waals surface area contributed by atoms with Crippen molar-refractivity contribution in [3.63, 3.8) is 0 Å². The molecule has 4 heterocycles. The topological polar surface area (TPSA) is 118 Å². The number of ether oxygens (including phenoxy) is 1. The van der Waals surface area contributed by atoms with Gasteiger partial charge in [0.1, 0.15) is 22.1 Å². The summed E-state index contributed by atoms with van der Waals surface area (Å²) in [4.78, 5) is 20.0. The molecule has 0 bridgehead atoms. The Morgan fingerprint density at radius 1 is 1.10 bits per heavy atom. The molecule has 42 heavy (non-hydrogen) atoms. The largest absolute Gasteiger partial charge is 0.365 e. The normalized spacial score (nSPS) is 16.6. The molecule has 1 amide bonds. The predicted octanol–water partition coefficient (Wildman–Crippen LogP) is 4.66. The molecule has 2 aromatic carbocycles. The quantitative estimate of drug-likeness (QED) is 0.346. The average molecular weight is 593 g/mol. The van der Waals surface area contributed by atoms with Crippen molar-refractivity contribution >= 4 is 33.1 Å². The molecular formula is C30H33FN6O4S. The number of fused-ring (bicyclic) bond motifs is 3. The Hall–Kier alpha value is -3.87. The zero-order valence-corrected chi connectivity index (χ0v) is 24.8. The number of aromatic nitrogens is 3. The van der Waals surface area contributed by atoms with E-state index >= 15 is 0 Å². The number of hydrogen-bond donors (Lipinski definition) is 2. The number of anilines is 2. The van der Waals surface area contributed by atoms with Crippen LogP contribution in [0, 0.1) is 12.7 Å². The number of likely N-dealkylation sites (tertiary alicyclic amines) is 1. The zero-order valence-electron chi connectivity index (χ0n) is 23.9. The van der Waals surface area contributed by atoms with Gasteiger partial charge in [-0.15, -0.1) is 0 Å². The van der Waals surface area contributed by atoms with Crippen molar-refractivity contribution in [1.29, 1.82) is 0 Å². The monoisotopic (exact) mass is 592 g/mol. The molecule has 2 N–H and O–H groups in total. The Morgan fingerprint density at radius 3 is 2.55 bits per heavy atom. The van der Waals surface area contributed by atoms with Gasteiger partial charge in [0.15, 0.2) is 5.65 Å². The fourth-order valence-electron chi connectivity index (χ4n) is 5.77. The summed E-state index contributed by atoms with van der Waals surface area (Å²) in [5.74, 6) is -0.437. The second-order valence-corrected chi connectivity index (χ2v) is 13.6. The highest BCUT2D eigenvalue weighted by Crippen LogP contribution is 2.44. The third kappa shape index (κ3) is 5.03. The van der Waals surface area contributed by atoms with Crippen LogP contribution in [0.15, 0.2) is 59.8 Å². The molecule has 2 aliphatic heterocycles. The first-order valence-corrected chi connectivity index (χ1v) is 15.3. The number of piperidine rings is 1. The summed E-state index contributed by atoms with van der Waals surface area (Å²) in [7, 11) is -3.98. The van der Waals surface area contributed by atoms with Crippen LogP contribution in [0.25, 0.3) is 5.65 Å². The maximum absolute atomic E-state index is 14.0. The number of carbonyl (C=O) groups is 1. The summed E-state index contributed by atoms with van der Waals surface area (Å²) in [6, 6.07) is 12.4. The van der Waals surface area contributed by atoms with Crippen LogP contribution in [0.2, 0.25) is 0 Å². The van der Waals surface area contributed by atoms with Gasteiger partial charge in [-0.25, -0.2) is 22.5 Å². The van der Waals surface area contributed by atoms with Gasteiger partial charge in [-0.05, 0) is 75.4 Å². The van der Waals surface area contributed by atoms with E-state index in [4.69, 9.17) is 4.74 Å². The van der Waals surface area contributed by atoms with Crippen LogP contribution in [0.1, 0.15) is 60.7 Å². The molecule has 1 spiro atoms. The van der Waals surface area contributed by atoms with E-state index in [1.807, 2.05) is 12.1 Å². The molecule has 1 fully saturated rings. The van der Waals surface area contributed by atoms with Crippen LogP contribution in [-0.4, -0.2) is 52.5 Å². The molecule has 10 nitrogen and oxygen atoms in total. The first-order chi connectivity index (χ1) is 19.9. The highest BCUT2D eigenvalue weighted by molar-refractivity contribution is 7.89. The second-order valence-electron chi connectivity index (χ2n) is 11.9. The van der Waals surface area contributed by atoms with Crippen LogP contribution < -0.4 is 10.0 Å². The molecule has 0 atom stereocenters. The van der Waals surface area contributed by atoms with E-state index in [9.17, 15) is 17.6 Å². The number of halogens is 1. The van der Waals surface area contributed by atoms with Gasteiger partial charge in [0.05, 0.1) is 18.4 Å². The first kappa shape index (κ1) is 28.3. The molecule has 6 rings (SSSR count). The summed E-state index contributed by atoms with van der Waals surface area (Å²) < 4.78 is 50.5. The third-order valence-corrected chi connectivity index (χ3v) is 9.51. The molecular weight excluding hydrogens is 559 g/mol. The number of aryl methyl sites for hydroxylation is 1. The fourth-order valence-corrected chi connectivity index (χ4v) is 7.25. The molecule has 1 saturated heterocycles. The van der Waals surface area contributed by atoms with Crippen LogP contribution >= 0.6 is 0 Å². The fraction of sp³-hybridized carbons (Fsp3) is 0.367. The van der Waals surface area contributed by atoms with Crippen molar-refractivity contribution in [3.05, 3.63) is 82.9 Å². The lowest BCUT2D eigenvalue weighted by atomic mass is 9.83. The Kier molecular flexibility index (Phi) is 6.82. The molecule has 0 aliphatic carbocycles. The van der Waals surface area contributed by atoms with Crippen LogP contribution in [0.3, 0.4) is 0 Å². The van der Waals surface area contributed by atoms with Crippen LogP contribution in [0.5, 0.6) is 0 Å². The van der Waals surface area contributed by atoms with Crippen molar-refractivity contribution in [3.8, 4) is 0 Å². The lowest BCUT2D eigenvalue weighted by Gasteiger charge is -2.39. The van der Waals surface area contributed by atoms with E-state index < -0.39 is 27.0 Å². The Bertz CT molecular complexity index is 1810. The highest BCUT2D eigenvalue weighted by Gasteiger charge is 2.43. The highest BCUT2D eigenvalue weighted by atomic mass is 32.2. The summed E-state index contributed by atoms with van der Waals surface area (Å²) in [5.41, 5.74) is 2.63. The van der Waals surface area contributed by atoms with Gasteiger partial charge in [-0.3, -0.25) is 4.79 Å². The lowest BCUT2D eigenvalue weighted by Crippen LogP contribution is -2.45. The van der Waals surface area contributed by atoms with Crippen molar-refractivity contribution in [2.24, 2.45) is 0 Å². The second kappa shape index (κ2) is 10.1. The third-order valence-electron chi connectivity index (χ3n) is 7.77. The number of benzene rings is 2. The Morgan fingerprint density at radius 2 is 1.83 bits per heavy atom. The van der Waals surface area contributed by atoms with Crippen LogP contribution in [-0.2, 0) is 27.0 Å². The van der Waals surface area contributed by atoms with E-state index in [1.54, 1.807) is 38.7 Å². The van der Waals surface area contributed by atoms with Gasteiger partial charge in [0, 0.05) is 30.5 Å². The molecule has 4 aromatic rings. The summed E-state index contributed by atoms with van der Waals surface area (Å²) in [6.45, 7) is 8.45. The lowest BCUT2D eigenvalue weighted by molar-refractivity contribution is -0.0741. The average Bonchev–Trinajstić information content (AvgIpc) is 3.52. The maximum Gasteiger partial charge on any atom is 0.259 e. The summed E-state index contributed by atoms with van der Waals surface area (Å²) in [5, 5.41) is 7.55. The van der Waals surface area contributed by atoms with Crippen molar-refractivity contribution in [2.75, 3.05) is 18.4 Å².